The first-order valence-electron chi connectivity index (χ1n) is 9.66. The van der Waals surface area contributed by atoms with E-state index in [4.69, 9.17) is 9.47 Å². The zero-order valence-electron chi connectivity index (χ0n) is 16.9. The van der Waals surface area contributed by atoms with Gasteiger partial charge in [0.15, 0.2) is 17.5 Å². The maximum atomic E-state index is 10.2. The lowest BCUT2D eigenvalue weighted by molar-refractivity contribution is 0.183. The zero-order valence-corrected chi connectivity index (χ0v) is 16.9. The van der Waals surface area contributed by atoms with E-state index in [1.54, 1.807) is 7.11 Å². The lowest BCUT2D eigenvalue weighted by Crippen LogP contribution is -2.42. The van der Waals surface area contributed by atoms with Crippen LogP contribution in [0.2, 0.25) is 0 Å². The van der Waals surface area contributed by atoms with Crippen molar-refractivity contribution < 1.29 is 14.6 Å². The molecular formula is C22H31N3O3. The van der Waals surface area contributed by atoms with E-state index in [1.807, 2.05) is 68.4 Å². The number of aliphatic hydroxyl groups excluding tert-OH is 1. The average molecular weight is 386 g/mol. The van der Waals surface area contributed by atoms with E-state index in [-0.39, 0.29) is 6.10 Å². The molecule has 2 rings (SSSR count). The number of ether oxygens (including phenoxy) is 2. The van der Waals surface area contributed by atoms with Gasteiger partial charge in [0.1, 0.15) is 6.10 Å². The Morgan fingerprint density at radius 1 is 1.04 bits per heavy atom. The van der Waals surface area contributed by atoms with Crippen LogP contribution in [0.1, 0.15) is 19.4 Å². The second-order valence-electron chi connectivity index (χ2n) is 6.52. The zero-order chi connectivity index (χ0) is 20.2. The molecule has 6 nitrogen and oxygen atoms in total. The van der Waals surface area contributed by atoms with Crippen LogP contribution in [0.5, 0.6) is 11.5 Å². The summed E-state index contributed by atoms with van der Waals surface area (Å²) in [5.74, 6) is 2.07. The summed E-state index contributed by atoms with van der Waals surface area (Å²) >= 11 is 0. The summed E-state index contributed by atoms with van der Waals surface area (Å²) < 4.78 is 11.3. The quantitative estimate of drug-likeness (QED) is 0.433. The maximum absolute atomic E-state index is 10.2. The summed E-state index contributed by atoms with van der Waals surface area (Å²) in [6.07, 6.45) is -0.0358. The molecule has 0 heterocycles. The van der Waals surface area contributed by atoms with Gasteiger partial charge >= 0.3 is 0 Å². The van der Waals surface area contributed by atoms with E-state index in [9.17, 15) is 5.11 Å². The molecule has 0 fully saturated rings. The number of nitrogens with one attached hydrogen (secondary N) is 2. The van der Waals surface area contributed by atoms with Gasteiger partial charge in [0, 0.05) is 13.0 Å². The van der Waals surface area contributed by atoms with Crippen LogP contribution in [0, 0.1) is 0 Å². The third kappa shape index (κ3) is 7.48. The molecule has 2 atom stereocenters. The molecule has 6 heteroatoms. The molecule has 0 aliphatic heterocycles. The molecule has 0 amide bonds. The van der Waals surface area contributed by atoms with Gasteiger partial charge in [0.2, 0.25) is 0 Å². The van der Waals surface area contributed by atoms with Crippen molar-refractivity contribution in [3.8, 4) is 11.5 Å². The lowest BCUT2D eigenvalue weighted by Gasteiger charge is -2.19. The number of para-hydroxylation sites is 2. The number of benzene rings is 2. The molecule has 3 N–H and O–H groups in total. The molecule has 0 saturated carbocycles. The van der Waals surface area contributed by atoms with E-state index in [1.165, 1.54) is 0 Å². The summed E-state index contributed by atoms with van der Waals surface area (Å²) in [6, 6.07) is 17.5. The van der Waals surface area contributed by atoms with Gasteiger partial charge in [-0.2, -0.15) is 0 Å². The second kappa shape index (κ2) is 11.9. The summed E-state index contributed by atoms with van der Waals surface area (Å²) in [5, 5.41) is 16.7. The van der Waals surface area contributed by atoms with Crippen LogP contribution in [-0.2, 0) is 6.42 Å². The van der Waals surface area contributed by atoms with E-state index < -0.39 is 6.10 Å². The monoisotopic (exact) mass is 385 g/mol. The van der Waals surface area contributed by atoms with Crippen molar-refractivity contribution in [2.75, 3.05) is 26.7 Å². The Kier molecular flexibility index (Phi) is 9.15. The topological polar surface area (TPSA) is 75.1 Å². The molecule has 0 radical (unpaired) electrons. The standard InChI is InChI=1S/C22H31N3O3/c1-4-23-22(25-16-19(26)14-18-10-6-5-7-11-18)24-15-17(2)28-21-13-9-8-12-20(21)27-3/h5-13,17,19,26H,4,14-16H2,1-3H3,(H2,23,24,25). The highest BCUT2D eigenvalue weighted by molar-refractivity contribution is 5.79. The summed E-state index contributed by atoms with van der Waals surface area (Å²) in [6.45, 7) is 5.62. The van der Waals surface area contributed by atoms with E-state index in [0.29, 0.717) is 37.0 Å². The fourth-order valence-corrected chi connectivity index (χ4v) is 2.70. The number of hydrogen-bond donors (Lipinski definition) is 3. The molecule has 0 aromatic heterocycles. The number of nitrogens with zero attached hydrogens (tertiary/aromatic N) is 1. The van der Waals surface area contributed by atoms with Crippen LogP contribution < -0.4 is 20.1 Å². The molecule has 0 aliphatic carbocycles. The highest BCUT2D eigenvalue weighted by atomic mass is 16.5. The highest BCUT2D eigenvalue weighted by Crippen LogP contribution is 2.26. The molecule has 0 bridgehead atoms. The largest absolute Gasteiger partial charge is 0.493 e. The molecule has 0 saturated heterocycles. The fourth-order valence-electron chi connectivity index (χ4n) is 2.70. The summed E-state index contributed by atoms with van der Waals surface area (Å²) in [4.78, 5) is 4.49. The van der Waals surface area contributed by atoms with Gasteiger partial charge in [-0.3, -0.25) is 4.99 Å². The van der Waals surface area contributed by atoms with Crippen molar-refractivity contribution >= 4 is 5.96 Å². The number of aliphatic imine (C=N–C) groups is 1. The number of rotatable bonds is 10. The van der Waals surface area contributed by atoms with Crippen molar-refractivity contribution in [3.63, 3.8) is 0 Å². The number of aliphatic hydroxyl groups is 1. The minimum absolute atomic E-state index is 0.0885. The normalized spacial score (nSPS) is 13.5. The first-order chi connectivity index (χ1) is 13.6. The van der Waals surface area contributed by atoms with E-state index in [2.05, 4.69) is 15.6 Å². The van der Waals surface area contributed by atoms with Gasteiger partial charge in [0.25, 0.3) is 0 Å². The van der Waals surface area contributed by atoms with Crippen molar-refractivity contribution in [3.05, 3.63) is 60.2 Å². The van der Waals surface area contributed by atoms with E-state index in [0.717, 1.165) is 12.1 Å². The highest BCUT2D eigenvalue weighted by Gasteiger charge is 2.10. The number of guanidine groups is 1. The predicted molar refractivity (Wildman–Crippen MR) is 113 cm³/mol. The Balaban J connectivity index is 1.84. The van der Waals surface area contributed by atoms with Crippen LogP contribution in [0.25, 0.3) is 0 Å². The van der Waals surface area contributed by atoms with Crippen molar-refractivity contribution in [1.29, 1.82) is 0 Å². The molecule has 0 spiro atoms. The van der Waals surface area contributed by atoms with Crippen LogP contribution in [0.4, 0.5) is 0 Å². The first kappa shape index (κ1) is 21.6. The van der Waals surface area contributed by atoms with Gasteiger partial charge < -0.3 is 25.2 Å². The SMILES string of the molecule is CCNC(=NCC(O)Cc1ccccc1)NCC(C)Oc1ccccc1OC. The molecule has 0 aliphatic rings. The van der Waals surface area contributed by atoms with Gasteiger partial charge in [-0.15, -0.1) is 0 Å². The lowest BCUT2D eigenvalue weighted by atomic mass is 10.1. The van der Waals surface area contributed by atoms with Crippen LogP contribution in [0.3, 0.4) is 0 Å². The van der Waals surface area contributed by atoms with Gasteiger partial charge in [-0.1, -0.05) is 42.5 Å². The number of methoxy groups -OCH3 is 1. The van der Waals surface area contributed by atoms with Crippen molar-refractivity contribution in [2.45, 2.75) is 32.5 Å². The molecular weight excluding hydrogens is 354 g/mol. The van der Waals surface area contributed by atoms with Gasteiger partial charge in [-0.05, 0) is 31.5 Å². The second-order valence-corrected chi connectivity index (χ2v) is 6.52. The summed E-state index contributed by atoms with van der Waals surface area (Å²) in [7, 11) is 1.63. The Hall–Kier alpha value is -2.73. The first-order valence-corrected chi connectivity index (χ1v) is 9.66. The van der Waals surface area contributed by atoms with Crippen LogP contribution >= 0.6 is 0 Å². The fraction of sp³-hybridized carbons (Fsp3) is 0.409. The van der Waals surface area contributed by atoms with Crippen LogP contribution in [0.15, 0.2) is 59.6 Å². The summed E-state index contributed by atoms with van der Waals surface area (Å²) in [5.41, 5.74) is 1.10. The molecule has 28 heavy (non-hydrogen) atoms. The molecule has 2 aromatic carbocycles. The molecule has 152 valence electrons. The predicted octanol–water partition coefficient (Wildman–Crippen LogP) is 2.62. The number of hydrogen-bond acceptors (Lipinski definition) is 4. The third-order valence-corrected chi connectivity index (χ3v) is 4.07. The average Bonchev–Trinajstić information content (AvgIpc) is 2.71. The smallest absolute Gasteiger partial charge is 0.191 e. The maximum Gasteiger partial charge on any atom is 0.191 e. The van der Waals surface area contributed by atoms with Gasteiger partial charge in [-0.25, -0.2) is 0 Å². The Labute approximate surface area is 167 Å². The molecule has 2 aromatic rings. The Morgan fingerprint density at radius 3 is 2.39 bits per heavy atom. The molecule has 2 unspecified atom stereocenters. The Bertz CT molecular complexity index is 722. The minimum Gasteiger partial charge on any atom is -0.493 e. The third-order valence-electron chi connectivity index (χ3n) is 4.07. The minimum atomic E-state index is -0.528. The van der Waals surface area contributed by atoms with Crippen LogP contribution in [-0.4, -0.2) is 50.0 Å². The van der Waals surface area contributed by atoms with E-state index >= 15 is 0 Å². The van der Waals surface area contributed by atoms with Gasteiger partial charge in [0.05, 0.1) is 26.3 Å². The van der Waals surface area contributed by atoms with Crippen molar-refractivity contribution in [1.82, 2.24) is 10.6 Å². The Morgan fingerprint density at radius 2 is 1.71 bits per heavy atom. The van der Waals surface area contributed by atoms with Crippen molar-refractivity contribution in [2.24, 2.45) is 4.99 Å².